The van der Waals surface area contributed by atoms with Gasteiger partial charge in [-0.15, -0.1) is 0 Å². The number of methoxy groups -OCH3 is 1. The second-order valence-corrected chi connectivity index (χ2v) is 6.59. The zero-order valence-electron chi connectivity index (χ0n) is 15.7. The van der Waals surface area contributed by atoms with Crippen molar-refractivity contribution in [1.29, 1.82) is 0 Å². The lowest BCUT2D eigenvalue weighted by molar-refractivity contribution is -0.129. The lowest BCUT2D eigenvalue weighted by atomic mass is 9.96. The third-order valence-electron chi connectivity index (χ3n) is 4.32. The molecule has 0 saturated carbocycles. The minimum atomic E-state index is -0.936. The maximum Gasteiger partial charge on any atom is 0.342 e. The summed E-state index contributed by atoms with van der Waals surface area (Å²) in [6, 6.07) is 14.6. The van der Waals surface area contributed by atoms with Crippen molar-refractivity contribution < 1.29 is 19.1 Å². The molecule has 5 nitrogen and oxygen atoms in total. The highest BCUT2D eigenvalue weighted by molar-refractivity contribution is 6.31. The number of nitrogens with one attached hydrogen (secondary N) is 1. The standard InChI is InChI=1S/C21H24ClNO4/c1-4-15(16-8-6-5-7-9-16)13-23-20(24)14(2)27-21(25)18-12-17(22)10-11-19(18)26-3/h5-12,14-15H,4,13H2,1-3H3,(H,23,24)/t14-,15+/m0/s1. The van der Waals surface area contributed by atoms with Crippen molar-refractivity contribution in [3.63, 3.8) is 0 Å². The largest absolute Gasteiger partial charge is 0.496 e. The zero-order chi connectivity index (χ0) is 19.8. The molecule has 2 rings (SSSR count). The summed E-state index contributed by atoms with van der Waals surface area (Å²) in [5.41, 5.74) is 1.34. The number of esters is 1. The number of carbonyl (C=O) groups excluding carboxylic acids is 2. The predicted octanol–water partition coefficient (Wildman–Crippen LogP) is 4.20. The third-order valence-corrected chi connectivity index (χ3v) is 4.56. The average molecular weight is 390 g/mol. The van der Waals surface area contributed by atoms with E-state index in [-0.39, 0.29) is 17.4 Å². The van der Waals surface area contributed by atoms with Crippen LogP contribution >= 0.6 is 11.6 Å². The van der Waals surface area contributed by atoms with Crippen LogP contribution in [0, 0.1) is 0 Å². The maximum absolute atomic E-state index is 12.4. The molecule has 0 aliphatic carbocycles. The summed E-state index contributed by atoms with van der Waals surface area (Å²) in [7, 11) is 1.45. The molecular weight excluding hydrogens is 366 g/mol. The quantitative estimate of drug-likeness (QED) is 0.687. The van der Waals surface area contributed by atoms with Crippen molar-refractivity contribution in [2.24, 2.45) is 0 Å². The fourth-order valence-electron chi connectivity index (χ4n) is 2.71. The molecule has 2 aromatic rings. The highest BCUT2D eigenvalue weighted by atomic mass is 35.5. The van der Waals surface area contributed by atoms with Gasteiger partial charge in [0.2, 0.25) is 0 Å². The van der Waals surface area contributed by atoms with Crippen LogP contribution in [0.5, 0.6) is 5.75 Å². The molecule has 0 aliphatic heterocycles. The Hall–Kier alpha value is -2.53. The lowest BCUT2D eigenvalue weighted by Gasteiger charge is -2.19. The van der Waals surface area contributed by atoms with Gasteiger partial charge in [-0.2, -0.15) is 0 Å². The topological polar surface area (TPSA) is 64.6 Å². The number of carbonyl (C=O) groups is 2. The molecule has 0 bridgehead atoms. The van der Waals surface area contributed by atoms with E-state index in [0.717, 1.165) is 12.0 Å². The predicted molar refractivity (Wildman–Crippen MR) is 105 cm³/mol. The van der Waals surface area contributed by atoms with Gasteiger partial charge in [0, 0.05) is 17.5 Å². The minimum Gasteiger partial charge on any atom is -0.496 e. The summed E-state index contributed by atoms with van der Waals surface area (Å²) < 4.78 is 10.4. The molecule has 144 valence electrons. The first kappa shape index (κ1) is 20.8. The van der Waals surface area contributed by atoms with Gasteiger partial charge >= 0.3 is 5.97 Å². The first-order valence-corrected chi connectivity index (χ1v) is 9.21. The molecule has 0 aromatic heterocycles. The number of ether oxygens (including phenoxy) is 2. The van der Waals surface area contributed by atoms with E-state index >= 15 is 0 Å². The van der Waals surface area contributed by atoms with Crippen LogP contribution in [0.2, 0.25) is 5.02 Å². The number of hydrogen-bond acceptors (Lipinski definition) is 4. The molecule has 0 fully saturated rings. The van der Waals surface area contributed by atoms with Gasteiger partial charge in [-0.1, -0.05) is 48.9 Å². The molecular formula is C21H24ClNO4. The molecule has 0 radical (unpaired) electrons. The second kappa shape index (κ2) is 9.97. The van der Waals surface area contributed by atoms with Crippen LogP contribution in [0.3, 0.4) is 0 Å². The number of rotatable bonds is 8. The summed E-state index contributed by atoms with van der Waals surface area (Å²) in [5, 5.41) is 3.24. The van der Waals surface area contributed by atoms with Crippen LogP contribution in [0.1, 0.15) is 42.1 Å². The van der Waals surface area contributed by atoms with E-state index < -0.39 is 12.1 Å². The van der Waals surface area contributed by atoms with E-state index in [1.807, 2.05) is 30.3 Å². The van der Waals surface area contributed by atoms with Crippen LogP contribution in [0.15, 0.2) is 48.5 Å². The minimum absolute atomic E-state index is 0.181. The highest BCUT2D eigenvalue weighted by Gasteiger charge is 2.22. The Morgan fingerprint density at radius 1 is 1.15 bits per heavy atom. The van der Waals surface area contributed by atoms with Gasteiger partial charge in [0.1, 0.15) is 11.3 Å². The van der Waals surface area contributed by atoms with Gasteiger partial charge in [-0.25, -0.2) is 4.79 Å². The molecule has 0 unspecified atom stereocenters. The van der Waals surface area contributed by atoms with Gasteiger partial charge in [-0.3, -0.25) is 4.79 Å². The molecule has 27 heavy (non-hydrogen) atoms. The Bertz CT molecular complexity index is 779. The first-order chi connectivity index (χ1) is 13.0. The van der Waals surface area contributed by atoms with Crippen LogP contribution in [0.4, 0.5) is 0 Å². The third kappa shape index (κ3) is 5.73. The molecule has 0 heterocycles. The van der Waals surface area contributed by atoms with Gasteiger partial charge in [0.15, 0.2) is 6.10 Å². The van der Waals surface area contributed by atoms with E-state index in [1.54, 1.807) is 12.1 Å². The lowest BCUT2D eigenvalue weighted by Crippen LogP contribution is -2.38. The van der Waals surface area contributed by atoms with Gasteiger partial charge in [0.25, 0.3) is 5.91 Å². The molecule has 1 N–H and O–H groups in total. The van der Waals surface area contributed by atoms with Crippen molar-refractivity contribution in [3.8, 4) is 5.75 Å². The molecule has 2 atom stereocenters. The number of halogens is 1. The Morgan fingerprint density at radius 2 is 1.85 bits per heavy atom. The van der Waals surface area contributed by atoms with Crippen LogP contribution in [-0.2, 0) is 9.53 Å². The fraction of sp³-hybridized carbons (Fsp3) is 0.333. The Kier molecular flexibility index (Phi) is 7.67. The fourth-order valence-corrected chi connectivity index (χ4v) is 2.88. The van der Waals surface area contributed by atoms with Gasteiger partial charge in [-0.05, 0) is 37.1 Å². The van der Waals surface area contributed by atoms with Crippen molar-refractivity contribution in [2.75, 3.05) is 13.7 Å². The second-order valence-electron chi connectivity index (χ2n) is 6.15. The Morgan fingerprint density at radius 3 is 2.48 bits per heavy atom. The smallest absolute Gasteiger partial charge is 0.342 e. The van der Waals surface area contributed by atoms with Crippen molar-refractivity contribution >= 4 is 23.5 Å². The van der Waals surface area contributed by atoms with Crippen LogP contribution in [0.25, 0.3) is 0 Å². The molecule has 0 aliphatic rings. The zero-order valence-corrected chi connectivity index (χ0v) is 16.5. The summed E-state index contributed by atoms with van der Waals surface area (Å²) >= 11 is 5.93. The van der Waals surface area contributed by atoms with Crippen molar-refractivity contribution in [2.45, 2.75) is 32.3 Å². The normalized spacial score (nSPS) is 12.7. The first-order valence-electron chi connectivity index (χ1n) is 8.83. The average Bonchev–Trinajstić information content (AvgIpc) is 2.68. The summed E-state index contributed by atoms with van der Waals surface area (Å²) in [5.74, 6) is -0.468. The van der Waals surface area contributed by atoms with E-state index in [0.29, 0.717) is 17.3 Å². The van der Waals surface area contributed by atoms with Gasteiger partial charge < -0.3 is 14.8 Å². The van der Waals surface area contributed by atoms with Gasteiger partial charge in [0.05, 0.1) is 7.11 Å². The highest BCUT2D eigenvalue weighted by Crippen LogP contribution is 2.24. The summed E-state index contributed by atoms with van der Waals surface area (Å²) in [6.45, 7) is 4.08. The number of hydrogen-bond donors (Lipinski definition) is 1. The van der Waals surface area contributed by atoms with E-state index in [4.69, 9.17) is 21.1 Å². The summed E-state index contributed by atoms with van der Waals surface area (Å²) in [6.07, 6.45) is -0.0486. The monoisotopic (exact) mass is 389 g/mol. The van der Waals surface area contributed by atoms with Crippen molar-refractivity contribution in [1.82, 2.24) is 5.32 Å². The number of benzene rings is 2. The van der Waals surface area contributed by atoms with E-state index in [9.17, 15) is 9.59 Å². The van der Waals surface area contributed by atoms with Crippen LogP contribution < -0.4 is 10.1 Å². The summed E-state index contributed by atoms with van der Waals surface area (Å²) in [4.78, 5) is 24.7. The van der Waals surface area contributed by atoms with E-state index in [1.165, 1.54) is 20.1 Å². The Labute approximate surface area is 164 Å². The molecule has 0 spiro atoms. The van der Waals surface area contributed by atoms with E-state index in [2.05, 4.69) is 12.2 Å². The molecule has 0 saturated heterocycles. The van der Waals surface area contributed by atoms with Crippen molar-refractivity contribution in [3.05, 3.63) is 64.7 Å². The molecule has 6 heteroatoms. The molecule has 1 amide bonds. The Balaban J connectivity index is 1.95. The number of amides is 1. The van der Waals surface area contributed by atoms with Crippen LogP contribution in [-0.4, -0.2) is 31.6 Å². The maximum atomic E-state index is 12.4. The molecule has 2 aromatic carbocycles. The SMILES string of the molecule is CC[C@H](CNC(=O)[C@H](C)OC(=O)c1cc(Cl)ccc1OC)c1ccccc1.